The van der Waals surface area contributed by atoms with Crippen molar-refractivity contribution in [1.29, 1.82) is 0 Å². The maximum Gasteiger partial charge on any atom is 0.119 e. The van der Waals surface area contributed by atoms with Crippen LogP contribution in [0.1, 0.15) is 5.69 Å². The molecule has 0 unspecified atom stereocenters. The molecule has 0 aliphatic carbocycles. The van der Waals surface area contributed by atoms with E-state index in [-0.39, 0.29) is 6.61 Å². The molecule has 1 aromatic carbocycles. The number of benzene rings is 1. The molecule has 0 fully saturated rings. The van der Waals surface area contributed by atoms with Gasteiger partial charge in [-0.1, -0.05) is 23.4 Å². The highest BCUT2D eigenvalue weighted by Gasteiger charge is 2.13. The van der Waals surface area contributed by atoms with Crippen LogP contribution in [-0.4, -0.2) is 27.2 Å². The number of nitrogens with zero attached hydrogens (tertiary/aromatic N) is 3. The van der Waals surface area contributed by atoms with E-state index in [2.05, 4.69) is 16.9 Å². The fraction of sp³-hybridized carbons (Fsp3) is 0.231. The normalized spacial score (nSPS) is 10.3. The van der Waals surface area contributed by atoms with Crippen molar-refractivity contribution in [3.8, 4) is 17.0 Å². The summed E-state index contributed by atoms with van der Waals surface area (Å²) in [5, 5.41) is 17.3. The van der Waals surface area contributed by atoms with Crippen molar-refractivity contribution in [3.05, 3.63) is 42.6 Å². The largest absolute Gasteiger partial charge is 0.497 e. The molecule has 5 heteroatoms. The number of methoxy groups -OCH3 is 1. The van der Waals surface area contributed by atoms with Crippen LogP contribution in [0.2, 0.25) is 0 Å². The summed E-state index contributed by atoms with van der Waals surface area (Å²) in [4.78, 5) is 0. The van der Waals surface area contributed by atoms with Crippen LogP contribution >= 0.6 is 0 Å². The zero-order chi connectivity index (χ0) is 13.0. The Balaban J connectivity index is 2.52. The van der Waals surface area contributed by atoms with Crippen molar-refractivity contribution >= 4 is 0 Å². The van der Waals surface area contributed by atoms with Crippen LogP contribution in [0.5, 0.6) is 5.75 Å². The maximum absolute atomic E-state index is 9.31. The Bertz CT molecular complexity index is 549. The minimum Gasteiger partial charge on any atom is -0.497 e. The minimum atomic E-state index is -0.149. The summed E-state index contributed by atoms with van der Waals surface area (Å²) in [5.41, 5.74) is 2.24. The average Bonchev–Trinajstić information content (AvgIpc) is 2.82. The van der Waals surface area contributed by atoms with Crippen LogP contribution in [0.4, 0.5) is 0 Å². The van der Waals surface area contributed by atoms with E-state index in [9.17, 15) is 5.11 Å². The number of rotatable bonds is 5. The molecule has 0 aliphatic heterocycles. The van der Waals surface area contributed by atoms with E-state index in [0.29, 0.717) is 12.2 Å². The first-order chi connectivity index (χ1) is 8.80. The smallest absolute Gasteiger partial charge is 0.119 e. The number of hydrogen-bond acceptors (Lipinski definition) is 4. The van der Waals surface area contributed by atoms with E-state index < -0.39 is 0 Å². The molecule has 0 saturated heterocycles. The molecule has 5 nitrogen and oxygen atoms in total. The number of aromatic nitrogens is 3. The molecule has 2 aromatic rings. The lowest BCUT2D eigenvalue weighted by Gasteiger charge is -2.07. The molecule has 0 radical (unpaired) electrons. The number of allylic oxidation sites excluding steroid dienone is 1. The van der Waals surface area contributed by atoms with E-state index in [1.54, 1.807) is 17.9 Å². The Kier molecular flexibility index (Phi) is 3.74. The van der Waals surface area contributed by atoms with Crippen molar-refractivity contribution < 1.29 is 9.84 Å². The molecule has 0 amide bonds. The molecule has 1 N–H and O–H groups in total. The van der Waals surface area contributed by atoms with Gasteiger partial charge in [0.2, 0.25) is 0 Å². The average molecular weight is 245 g/mol. The lowest BCUT2D eigenvalue weighted by molar-refractivity contribution is 0.277. The SMILES string of the molecule is C=CCn1nnc(CO)c1-c1cccc(OC)c1. The first-order valence-corrected chi connectivity index (χ1v) is 5.58. The molecule has 0 aliphatic rings. The molecule has 0 saturated carbocycles. The Morgan fingerprint density at radius 3 is 3.00 bits per heavy atom. The molecule has 1 heterocycles. The van der Waals surface area contributed by atoms with Crippen LogP contribution in [0, 0.1) is 0 Å². The Hall–Kier alpha value is -2.14. The molecular formula is C13H15N3O2. The number of aliphatic hydroxyl groups is 1. The van der Waals surface area contributed by atoms with E-state index in [0.717, 1.165) is 17.0 Å². The topological polar surface area (TPSA) is 60.2 Å². The predicted octanol–water partition coefficient (Wildman–Crippen LogP) is 1.63. The number of aliphatic hydroxyl groups excluding tert-OH is 1. The van der Waals surface area contributed by atoms with E-state index in [1.165, 1.54) is 0 Å². The van der Waals surface area contributed by atoms with Gasteiger partial charge >= 0.3 is 0 Å². The van der Waals surface area contributed by atoms with Crippen molar-refractivity contribution in [2.45, 2.75) is 13.2 Å². The first-order valence-electron chi connectivity index (χ1n) is 5.58. The highest BCUT2D eigenvalue weighted by molar-refractivity contribution is 5.63. The molecule has 1 aromatic heterocycles. The zero-order valence-corrected chi connectivity index (χ0v) is 10.2. The van der Waals surface area contributed by atoms with E-state index in [1.807, 2.05) is 24.3 Å². The second kappa shape index (κ2) is 5.46. The van der Waals surface area contributed by atoms with Crippen LogP contribution in [0.15, 0.2) is 36.9 Å². The summed E-state index contributed by atoms with van der Waals surface area (Å²) < 4.78 is 6.90. The summed E-state index contributed by atoms with van der Waals surface area (Å²) >= 11 is 0. The van der Waals surface area contributed by atoms with Crippen molar-refractivity contribution in [2.75, 3.05) is 7.11 Å². The predicted molar refractivity (Wildman–Crippen MR) is 68.1 cm³/mol. The van der Waals surface area contributed by atoms with Gasteiger partial charge in [-0.2, -0.15) is 0 Å². The fourth-order valence-corrected chi connectivity index (χ4v) is 1.79. The van der Waals surface area contributed by atoms with Gasteiger partial charge in [0.05, 0.1) is 26.0 Å². The molecule has 2 rings (SSSR count). The molecule has 94 valence electrons. The summed E-state index contributed by atoms with van der Waals surface area (Å²) in [6, 6.07) is 7.57. The van der Waals surface area contributed by atoms with Gasteiger partial charge in [0.15, 0.2) is 0 Å². The summed E-state index contributed by atoms with van der Waals surface area (Å²) in [7, 11) is 1.62. The van der Waals surface area contributed by atoms with Gasteiger partial charge in [0.25, 0.3) is 0 Å². The van der Waals surface area contributed by atoms with E-state index >= 15 is 0 Å². The second-order valence-corrected chi connectivity index (χ2v) is 3.75. The van der Waals surface area contributed by atoms with Gasteiger partial charge in [-0.15, -0.1) is 11.7 Å². The van der Waals surface area contributed by atoms with Gasteiger partial charge in [-0.25, -0.2) is 4.68 Å². The quantitative estimate of drug-likeness (QED) is 0.813. The third-order valence-corrected chi connectivity index (χ3v) is 2.60. The Morgan fingerprint density at radius 1 is 1.50 bits per heavy atom. The third-order valence-electron chi connectivity index (χ3n) is 2.60. The lowest BCUT2D eigenvalue weighted by Crippen LogP contribution is -2.01. The van der Waals surface area contributed by atoms with Gasteiger partial charge in [-0.05, 0) is 12.1 Å². The second-order valence-electron chi connectivity index (χ2n) is 3.75. The van der Waals surface area contributed by atoms with Crippen molar-refractivity contribution in [3.63, 3.8) is 0 Å². The van der Waals surface area contributed by atoms with Crippen LogP contribution in [-0.2, 0) is 13.2 Å². The maximum atomic E-state index is 9.31. The zero-order valence-electron chi connectivity index (χ0n) is 10.2. The number of hydrogen-bond donors (Lipinski definition) is 1. The Labute approximate surface area is 105 Å². The first kappa shape index (κ1) is 12.3. The van der Waals surface area contributed by atoms with E-state index in [4.69, 9.17) is 4.74 Å². The molecule has 0 bridgehead atoms. The fourth-order valence-electron chi connectivity index (χ4n) is 1.79. The van der Waals surface area contributed by atoms with Crippen LogP contribution in [0.3, 0.4) is 0 Å². The lowest BCUT2D eigenvalue weighted by atomic mass is 10.1. The van der Waals surface area contributed by atoms with Gasteiger partial charge < -0.3 is 9.84 Å². The third kappa shape index (κ3) is 2.26. The van der Waals surface area contributed by atoms with Crippen LogP contribution < -0.4 is 4.74 Å². The van der Waals surface area contributed by atoms with Crippen LogP contribution in [0.25, 0.3) is 11.3 Å². The molecule has 0 atom stereocenters. The monoisotopic (exact) mass is 245 g/mol. The minimum absolute atomic E-state index is 0.149. The molecular weight excluding hydrogens is 230 g/mol. The highest BCUT2D eigenvalue weighted by Crippen LogP contribution is 2.26. The molecule has 18 heavy (non-hydrogen) atoms. The summed E-state index contributed by atoms with van der Waals surface area (Å²) in [5.74, 6) is 0.753. The van der Waals surface area contributed by atoms with Gasteiger partial charge in [0, 0.05) is 5.56 Å². The number of ether oxygens (including phenoxy) is 1. The van der Waals surface area contributed by atoms with Crippen molar-refractivity contribution in [2.24, 2.45) is 0 Å². The molecule has 0 spiro atoms. The summed E-state index contributed by atoms with van der Waals surface area (Å²) in [6.45, 7) is 4.08. The van der Waals surface area contributed by atoms with Gasteiger partial charge in [-0.3, -0.25) is 0 Å². The summed E-state index contributed by atoms with van der Waals surface area (Å²) in [6.07, 6.45) is 1.74. The highest BCUT2D eigenvalue weighted by atomic mass is 16.5. The van der Waals surface area contributed by atoms with Crippen molar-refractivity contribution in [1.82, 2.24) is 15.0 Å². The Morgan fingerprint density at radius 2 is 2.33 bits per heavy atom. The van der Waals surface area contributed by atoms with Gasteiger partial charge in [0.1, 0.15) is 11.4 Å². The standard InChI is InChI=1S/C13H15N3O2/c1-3-7-16-13(12(9-17)14-15-16)10-5-4-6-11(8-10)18-2/h3-6,8,17H,1,7,9H2,2H3.